The first-order valence-corrected chi connectivity index (χ1v) is 5.83. The largest absolute Gasteiger partial charge is 0.508 e. The molecule has 2 N–H and O–H groups in total. The highest BCUT2D eigenvalue weighted by Gasteiger charge is 2.21. The Kier molecular flexibility index (Phi) is 4.97. The summed E-state index contributed by atoms with van der Waals surface area (Å²) in [5.74, 6) is -0.621. The Morgan fingerprint density at radius 2 is 2.00 bits per heavy atom. The lowest BCUT2D eigenvalue weighted by Gasteiger charge is -2.29. The van der Waals surface area contributed by atoms with Crippen LogP contribution in [0.1, 0.15) is 31.9 Å². The van der Waals surface area contributed by atoms with E-state index in [4.69, 9.17) is 5.11 Å². The van der Waals surface area contributed by atoms with Crippen molar-refractivity contribution in [3.63, 3.8) is 0 Å². The Morgan fingerprint density at radius 3 is 2.47 bits per heavy atom. The van der Waals surface area contributed by atoms with Crippen molar-refractivity contribution in [2.24, 2.45) is 0 Å². The summed E-state index contributed by atoms with van der Waals surface area (Å²) in [4.78, 5) is 12.6. The fourth-order valence-corrected chi connectivity index (χ4v) is 2.06. The summed E-state index contributed by atoms with van der Waals surface area (Å²) in [5.41, 5.74) is 0.790. The Balaban J connectivity index is 2.97. The Hall–Kier alpha value is -1.55. The van der Waals surface area contributed by atoms with Crippen LogP contribution in [0.4, 0.5) is 0 Å². The zero-order valence-corrected chi connectivity index (χ0v) is 10.3. The van der Waals surface area contributed by atoms with Gasteiger partial charge in [0.15, 0.2) is 0 Å². The zero-order chi connectivity index (χ0) is 12.8. The molecule has 0 heterocycles. The van der Waals surface area contributed by atoms with Crippen molar-refractivity contribution in [3.05, 3.63) is 29.8 Å². The van der Waals surface area contributed by atoms with Crippen molar-refractivity contribution in [3.8, 4) is 5.75 Å². The number of carboxylic acids is 1. The van der Waals surface area contributed by atoms with Gasteiger partial charge in [-0.3, -0.25) is 9.69 Å². The van der Waals surface area contributed by atoms with Gasteiger partial charge in [0.25, 0.3) is 0 Å². The first-order chi connectivity index (χ1) is 8.10. The SMILES string of the molecule is CCC(c1ccccc1O)N(CC)CC(=O)O. The van der Waals surface area contributed by atoms with Gasteiger partial charge in [0.1, 0.15) is 5.75 Å². The van der Waals surface area contributed by atoms with Crippen molar-refractivity contribution in [2.45, 2.75) is 26.3 Å². The van der Waals surface area contributed by atoms with Gasteiger partial charge in [0, 0.05) is 11.6 Å². The molecular weight excluding hydrogens is 218 g/mol. The first-order valence-electron chi connectivity index (χ1n) is 5.83. The molecule has 1 aromatic rings. The maximum Gasteiger partial charge on any atom is 0.317 e. The molecular formula is C13H19NO3. The van der Waals surface area contributed by atoms with E-state index in [1.165, 1.54) is 0 Å². The van der Waals surface area contributed by atoms with Crippen LogP contribution < -0.4 is 0 Å². The molecule has 0 saturated heterocycles. The molecule has 0 amide bonds. The van der Waals surface area contributed by atoms with Gasteiger partial charge < -0.3 is 10.2 Å². The molecule has 0 aliphatic carbocycles. The number of rotatable bonds is 6. The average molecular weight is 237 g/mol. The van der Waals surface area contributed by atoms with Gasteiger partial charge in [-0.25, -0.2) is 0 Å². The number of aliphatic carboxylic acids is 1. The van der Waals surface area contributed by atoms with Crippen molar-refractivity contribution in [1.29, 1.82) is 0 Å². The molecule has 1 aromatic carbocycles. The van der Waals surface area contributed by atoms with E-state index in [9.17, 15) is 9.90 Å². The highest BCUT2D eigenvalue weighted by molar-refractivity contribution is 5.69. The monoisotopic (exact) mass is 237 g/mol. The average Bonchev–Trinajstić information content (AvgIpc) is 2.30. The topological polar surface area (TPSA) is 60.8 Å². The van der Waals surface area contributed by atoms with Crippen LogP contribution in [0.3, 0.4) is 0 Å². The van der Waals surface area contributed by atoms with Crippen molar-refractivity contribution < 1.29 is 15.0 Å². The summed E-state index contributed by atoms with van der Waals surface area (Å²) in [7, 11) is 0. The molecule has 0 bridgehead atoms. The van der Waals surface area contributed by atoms with Crippen molar-refractivity contribution in [1.82, 2.24) is 4.90 Å². The molecule has 1 rings (SSSR count). The van der Waals surface area contributed by atoms with E-state index in [0.717, 1.165) is 12.0 Å². The van der Waals surface area contributed by atoms with Crippen LogP contribution in [-0.4, -0.2) is 34.2 Å². The second-order valence-corrected chi connectivity index (χ2v) is 3.94. The molecule has 1 atom stereocenters. The number of hydrogen-bond acceptors (Lipinski definition) is 3. The van der Waals surface area contributed by atoms with E-state index in [0.29, 0.717) is 6.54 Å². The van der Waals surface area contributed by atoms with Crippen LogP contribution in [0.2, 0.25) is 0 Å². The predicted octanol–water partition coefficient (Wildman–Crippen LogP) is 2.25. The maximum atomic E-state index is 10.8. The number of para-hydroxylation sites is 1. The molecule has 0 radical (unpaired) electrons. The molecule has 17 heavy (non-hydrogen) atoms. The molecule has 0 saturated carbocycles. The summed E-state index contributed by atoms with van der Waals surface area (Å²) in [6, 6.07) is 7.03. The standard InChI is InChI=1S/C13H19NO3/c1-3-11(14(4-2)9-13(16)17)10-7-5-6-8-12(10)15/h5-8,11,15H,3-4,9H2,1-2H3,(H,16,17). The molecule has 94 valence electrons. The summed E-state index contributed by atoms with van der Waals surface area (Å²) >= 11 is 0. The molecule has 4 heteroatoms. The van der Waals surface area contributed by atoms with Crippen LogP contribution in [-0.2, 0) is 4.79 Å². The minimum absolute atomic E-state index is 0.0106. The van der Waals surface area contributed by atoms with Crippen LogP contribution in [0, 0.1) is 0 Å². The van der Waals surface area contributed by atoms with Gasteiger partial charge in [0.2, 0.25) is 0 Å². The van der Waals surface area contributed by atoms with Crippen LogP contribution in [0.15, 0.2) is 24.3 Å². The summed E-state index contributed by atoms with van der Waals surface area (Å²) in [6.45, 7) is 4.54. The second kappa shape index (κ2) is 6.25. The quantitative estimate of drug-likeness (QED) is 0.796. The van der Waals surface area contributed by atoms with Crippen LogP contribution in [0.25, 0.3) is 0 Å². The number of phenols is 1. The minimum Gasteiger partial charge on any atom is -0.508 e. The predicted molar refractivity (Wildman–Crippen MR) is 66.0 cm³/mol. The third kappa shape index (κ3) is 3.46. The number of carbonyl (C=O) groups is 1. The smallest absolute Gasteiger partial charge is 0.317 e. The first kappa shape index (κ1) is 13.5. The summed E-state index contributed by atoms with van der Waals surface area (Å²) < 4.78 is 0. The Morgan fingerprint density at radius 1 is 1.35 bits per heavy atom. The fraction of sp³-hybridized carbons (Fsp3) is 0.462. The van der Waals surface area contributed by atoms with Gasteiger partial charge in [-0.05, 0) is 19.0 Å². The highest BCUT2D eigenvalue weighted by atomic mass is 16.4. The Labute approximate surface area is 101 Å². The normalized spacial score (nSPS) is 12.6. The van der Waals surface area contributed by atoms with Gasteiger partial charge in [-0.15, -0.1) is 0 Å². The molecule has 0 spiro atoms. The van der Waals surface area contributed by atoms with Crippen molar-refractivity contribution in [2.75, 3.05) is 13.1 Å². The number of aromatic hydroxyl groups is 1. The van der Waals surface area contributed by atoms with Gasteiger partial charge in [-0.1, -0.05) is 32.0 Å². The lowest BCUT2D eigenvalue weighted by Crippen LogP contribution is -2.33. The number of likely N-dealkylation sites (N-methyl/N-ethyl adjacent to an activating group) is 1. The zero-order valence-electron chi connectivity index (χ0n) is 10.3. The van der Waals surface area contributed by atoms with E-state index in [2.05, 4.69) is 0 Å². The molecule has 0 aliphatic heterocycles. The minimum atomic E-state index is -0.847. The molecule has 0 aliphatic rings. The number of benzene rings is 1. The highest BCUT2D eigenvalue weighted by Crippen LogP contribution is 2.30. The number of hydrogen-bond donors (Lipinski definition) is 2. The summed E-state index contributed by atoms with van der Waals surface area (Å²) in [6.07, 6.45) is 0.763. The van der Waals surface area contributed by atoms with Gasteiger partial charge >= 0.3 is 5.97 Å². The van der Waals surface area contributed by atoms with Crippen LogP contribution in [0.5, 0.6) is 5.75 Å². The molecule has 0 aromatic heterocycles. The second-order valence-electron chi connectivity index (χ2n) is 3.94. The summed E-state index contributed by atoms with van der Waals surface area (Å²) in [5, 5.41) is 18.7. The van der Waals surface area contributed by atoms with Crippen molar-refractivity contribution >= 4 is 5.97 Å². The number of carboxylic acid groups (broad SMARTS) is 1. The third-order valence-electron chi connectivity index (χ3n) is 2.87. The lowest BCUT2D eigenvalue weighted by molar-refractivity contribution is -0.138. The maximum absolute atomic E-state index is 10.8. The molecule has 0 fully saturated rings. The van der Waals surface area contributed by atoms with Gasteiger partial charge in [0.05, 0.1) is 6.54 Å². The van der Waals surface area contributed by atoms with E-state index in [1.54, 1.807) is 12.1 Å². The fourth-order valence-electron chi connectivity index (χ4n) is 2.06. The number of nitrogens with zero attached hydrogens (tertiary/aromatic N) is 1. The van der Waals surface area contributed by atoms with Crippen LogP contribution >= 0.6 is 0 Å². The Bertz CT molecular complexity index is 379. The van der Waals surface area contributed by atoms with E-state index < -0.39 is 5.97 Å². The molecule has 4 nitrogen and oxygen atoms in total. The van der Waals surface area contributed by atoms with Gasteiger partial charge in [-0.2, -0.15) is 0 Å². The third-order valence-corrected chi connectivity index (χ3v) is 2.87. The lowest BCUT2D eigenvalue weighted by atomic mass is 10.0. The molecule has 1 unspecified atom stereocenters. The number of phenolic OH excluding ortho intramolecular Hbond substituents is 1. The van der Waals surface area contributed by atoms with E-state index in [1.807, 2.05) is 30.9 Å². The van der Waals surface area contributed by atoms with E-state index in [-0.39, 0.29) is 18.3 Å². The van der Waals surface area contributed by atoms with E-state index >= 15 is 0 Å².